The molecule has 3 nitrogen and oxygen atoms in total. The molecule has 29 heavy (non-hydrogen) atoms. The Kier molecular flexibility index (Phi) is 4.77. The third-order valence-corrected chi connectivity index (χ3v) is 7.13. The number of rotatable bonds is 2. The maximum atomic E-state index is 9.32. The van der Waals surface area contributed by atoms with Crippen molar-refractivity contribution in [1.82, 2.24) is 4.98 Å². The first-order chi connectivity index (χ1) is 14.2. The van der Waals surface area contributed by atoms with E-state index in [0.717, 1.165) is 25.0 Å². The van der Waals surface area contributed by atoms with Gasteiger partial charge in [0.15, 0.2) is 0 Å². The molecule has 4 heteroatoms. The minimum atomic E-state index is 0.162. The van der Waals surface area contributed by atoms with Crippen molar-refractivity contribution in [2.75, 3.05) is 4.90 Å². The van der Waals surface area contributed by atoms with E-state index in [9.17, 15) is 5.26 Å². The van der Waals surface area contributed by atoms with Crippen LogP contribution in [0.25, 0.3) is 0 Å². The zero-order chi connectivity index (χ0) is 19.8. The second-order valence-electron chi connectivity index (χ2n) is 7.95. The minimum absolute atomic E-state index is 0.162. The molecule has 0 N–H and O–H groups in total. The highest BCUT2D eigenvalue weighted by Gasteiger charge is 2.36. The van der Waals surface area contributed by atoms with Gasteiger partial charge in [0.25, 0.3) is 0 Å². The second kappa shape index (κ2) is 7.57. The van der Waals surface area contributed by atoms with Gasteiger partial charge in [-0.15, -0.1) is 0 Å². The maximum Gasteiger partial charge on any atom is 0.140 e. The molecule has 2 aromatic rings. The number of nitriles is 1. The van der Waals surface area contributed by atoms with Gasteiger partial charge in [-0.1, -0.05) is 55.1 Å². The second-order valence-corrected chi connectivity index (χ2v) is 9.08. The summed E-state index contributed by atoms with van der Waals surface area (Å²) in [4.78, 5) is 10.0. The Morgan fingerprint density at radius 1 is 1.14 bits per heavy atom. The van der Waals surface area contributed by atoms with E-state index in [1.807, 2.05) is 17.8 Å². The molecule has 0 bridgehead atoms. The zero-order valence-electron chi connectivity index (χ0n) is 16.5. The van der Waals surface area contributed by atoms with Crippen molar-refractivity contribution >= 4 is 17.4 Å². The standard InChI is InChI=1S/C25H23N3S/c1-17-13-14-23-25(15-17)29-24-12-5-4-11-22(24)28(23)21-10-3-2-8-19(21)20-9-6-7-18(16-26)27-20/h2,4-9,11-14,17,19,21H,3,10,15H2,1H3. The van der Waals surface area contributed by atoms with Crippen LogP contribution >= 0.6 is 11.8 Å². The van der Waals surface area contributed by atoms with Crippen LogP contribution in [0.5, 0.6) is 0 Å². The molecule has 1 aromatic heterocycles. The van der Waals surface area contributed by atoms with Gasteiger partial charge in [-0.3, -0.25) is 0 Å². The Bertz CT molecular complexity index is 1080. The van der Waals surface area contributed by atoms with Crippen LogP contribution < -0.4 is 4.90 Å². The molecule has 1 aromatic carbocycles. The number of hydrogen-bond acceptors (Lipinski definition) is 4. The normalized spacial score (nSPS) is 25.4. The molecule has 0 fully saturated rings. The van der Waals surface area contributed by atoms with E-state index in [2.05, 4.69) is 77.5 Å². The molecule has 2 heterocycles. The van der Waals surface area contributed by atoms with Crippen LogP contribution in [0.15, 0.2) is 82.3 Å². The van der Waals surface area contributed by atoms with Gasteiger partial charge in [0.2, 0.25) is 0 Å². The average Bonchev–Trinajstić information content (AvgIpc) is 2.77. The first-order valence-electron chi connectivity index (χ1n) is 10.3. The molecule has 0 saturated carbocycles. The number of fused-ring (bicyclic) bond motifs is 1. The van der Waals surface area contributed by atoms with E-state index in [0.29, 0.717) is 11.6 Å². The van der Waals surface area contributed by atoms with Crippen molar-refractivity contribution in [1.29, 1.82) is 5.26 Å². The average molecular weight is 398 g/mol. The SMILES string of the molecule is CC1C=CC2=C(C1)Sc1ccccc1N2C1CCC=CC1c1cccc(C#N)n1. The summed E-state index contributed by atoms with van der Waals surface area (Å²) in [6, 6.07) is 17.0. The monoisotopic (exact) mass is 397 g/mol. The summed E-state index contributed by atoms with van der Waals surface area (Å²) in [5, 5.41) is 9.32. The highest BCUT2D eigenvalue weighted by Crippen LogP contribution is 2.50. The van der Waals surface area contributed by atoms with Crippen LogP contribution in [-0.4, -0.2) is 11.0 Å². The number of aromatic nitrogens is 1. The fraction of sp³-hybridized carbons (Fsp3) is 0.280. The van der Waals surface area contributed by atoms with Crippen molar-refractivity contribution in [3.63, 3.8) is 0 Å². The van der Waals surface area contributed by atoms with Gasteiger partial charge in [-0.2, -0.15) is 5.26 Å². The number of benzene rings is 1. The summed E-state index contributed by atoms with van der Waals surface area (Å²) in [5.41, 5.74) is 4.10. The Morgan fingerprint density at radius 2 is 2.03 bits per heavy atom. The third kappa shape index (κ3) is 3.30. The van der Waals surface area contributed by atoms with E-state index in [4.69, 9.17) is 0 Å². The summed E-state index contributed by atoms with van der Waals surface area (Å²) in [6.07, 6.45) is 12.4. The lowest BCUT2D eigenvalue weighted by atomic mass is 9.84. The maximum absolute atomic E-state index is 9.32. The molecule has 5 rings (SSSR count). The number of pyridine rings is 1. The Balaban J connectivity index is 1.62. The van der Waals surface area contributed by atoms with Crippen LogP contribution in [0.4, 0.5) is 5.69 Å². The van der Waals surface area contributed by atoms with Gasteiger partial charge in [-0.25, -0.2) is 4.98 Å². The molecule has 0 spiro atoms. The van der Waals surface area contributed by atoms with Crippen molar-refractivity contribution in [2.45, 2.75) is 43.0 Å². The molecule has 3 aliphatic rings. The van der Waals surface area contributed by atoms with E-state index in [1.165, 1.54) is 21.2 Å². The smallest absolute Gasteiger partial charge is 0.140 e. The highest BCUT2D eigenvalue weighted by atomic mass is 32.2. The molecule has 0 saturated heterocycles. The molecule has 2 aliphatic carbocycles. The summed E-state index contributed by atoms with van der Waals surface area (Å²) in [7, 11) is 0. The molecular weight excluding hydrogens is 374 g/mol. The van der Waals surface area contributed by atoms with Crippen LogP contribution in [-0.2, 0) is 0 Å². The molecule has 144 valence electrons. The van der Waals surface area contributed by atoms with E-state index in [-0.39, 0.29) is 12.0 Å². The lowest BCUT2D eigenvalue weighted by Gasteiger charge is -2.44. The molecule has 3 atom stereocenters. The summed E-state index contributed by atoms with van der Waals surface area (Å²) in [5.74, 6) is 0.735. The predicted molar refractivity (Wildman–Crippen MR) is 119 cm³/mol. The van der Waals surface area contributed by atoms with Gasteiger partial charge in [-0.05, 0) is 55.5 Å². The van der Waals surface area contributed by atoms with Crippen LogP contribution in [0.2, 0.25) is 0 Å². The quantitative estimate of drug-likeness (QED) is 0.568. The largest absolute Gasteiger partial charge is 0.336 e. The number of thioether (sulfide) groups is 1. The lowest BCUT2D eigenvalue weighted by molar-refractivity contribution is 0.511. The third-order valence-electron chi connectivity index (χ3n) is 5.94. The number of para-hydroxylation sites is 1. The number of anilines is 1. The van der Waals surface area contributed by atoms with E-state index in [1.54, 1.807) is 6.07 Å². The van der Waals surface area contributed by atoms with Gasteiger partial charge in [0, 0.05) is 21.8 Å². The van der Waals surface area contributed by atoms with Crippen molar-refractivity contribution in [3.05, 3.63) is 88.8 Å². The molecule has 0 amide bonds. The molecular formula is C25H23N3S. The first-order valence-corrected chi connectivity index (χ1v) is 11.1. The fourth-order valence-corrected chi connectivity index (χ4v) is 5.89. The minimum Gasteiger partial charge on any atom is -0.336 e. The zero-order valence-corrected chi connectivity index (χ0v) is 17.3. The lowest BCUT2D eigenvalue weighted by Crippen LogP contribution is -2.42. The van der Waals surface area contributed by atoms with Crippen molar-refractivity contribution < 1.29 is 0 Å². The van der Waals surface area contributed by atoms with E-state index >= 15 is 0 Å². The Morgan fingerprint density at radius 3 is 2.93 bits per heavy atom. The van der Waals surface area contributed by atoms with Crippen molar-refractivity contribution in [2.24, 2.45) is 5.92 Å². The topological polar surface area (TPSA) is 39.9 Å². The van der Waals surface area contributed by atoms with Gasteiger partial charge < -0.3 is 4.90 Å². The Hall–Kier alpha value is -2.77. The van der Waals surface area contributed by atoms with Gasteiger partial charge in [0.05, 0.1) is 17.1 Å². The number of nitrogens with zero attached hydrogens (tertiary/aromatic N) is 3. The number of hydrogen-bond donors (Lipinski definition) is 0. The number of allylic oxidation sites excluding steroid dienone is 4. The summed E-state index contributed by atoms with van der Waals surface area (Å²) >= 11 is 1.93. The summed E-state index contributed by atoms with van der Waals surface area (Å²) < 4.78 is 0. The van der Waals surface area contributed by atoms with Gasteiger partial charge >= 0.3 is 0 Å². The van der Waals surface area contributed by atoms with E-state index < -0.39 is 0 Å². The molecule has 0 radical (unpaired) electrons. The molecule has 1 aliphatic heterocycles. The highest BCUT2D eigenvalue weighted by molar-refractivity contribution is 8.03. The first kappa shape index (κ1) is 18.3. The van der Waals surface area contributed by atoms with Crippen LogP contribution in [0.1, 0.15) is 43.5 Å². The molecule has 3 unspecified atom stereocenters. The van der Waals surface area contributed by atoms with Gasteiger partial charge in [0.1, 0.15) is 11.8 Å². The summed E-state index contributed by atoms with van der Waals surface area (Å²) in [6.45, 7) is 2.29. The fourth-order valence-electron chi connectivity index (χ4n) is 4.59. The predicted octanol–water partition coefficient (Wildman–Crippen LogP) is 6.18. The van der Waals surface area contributed by atoms with Crippen LogP contribution in [0.3, 0.4) is 0 Å². The Labute approximate surface area is 176 Å². The van der Waals surface area contributed by atoms with Crippen molar-refractivity contribution in [3.8, 4) is 6.07 Å². The van der Waals surface area contributed by atoms with Crippen LogP contribution in [0, 0.1) is 17.2 Å².